The molecule has 2 heterocycles. The third-order valence-electron chi connectivity index (χ3n) is 5.94. The first kappa shape index (κ1) is 23.2. The van der Waals surface area contributed by atoms with E-state index in [9.17, 15) is 22.8 Å². The molecule has 2 aromatic rings. The monoisotopic (exact) mass is 462 g/mol. The van der Waals surface area contributed by atoms with Crippen LogP contribution in [0, 0.1) is 5.82 Å². The third kappa shape index (κ3) is 6.07. The van der Waals surface area contributed by atoms with Crippen molar-refractivity contribution in [2.75, 3.05) is 13.2 Å². The quantitative estimate of drug-likeness (QED) is 0.610. The molecule has 1 aromatic carbocycles. The molecule has 0 bridgehead atoms. The molecule has 7 nitrogen and oxygen atoms in total. The third-order valence-corrected chi connectivity index (χ3v) is 5.94. The van der Waals surface area contributed by atoms with Gasteiger partial charge < -0.3 is 15.0 Å². The summed E-state index contributed by atoms with van der Waals surface area (Å²) in [5, 5.41) is 2.83. The maximum Gasteiger partial charge on any atom is 0.255 e. The van der Waals surface area contributed by atoms with Gasteiger partial charge >= 0.3 is 0 Å². The van der Waals surface area contributed by atoms with Gasteiger partial charge in [0.15, 0.2) is 6.10 Å². The normalized spacial score (nSPS) is 20.6. The number of rotatable bonds is 8. The summed E-state index contributed by atoms with van der Waals surface area (Å²) in [5.41, 5.74) is 1.06. The Balaban J connectivity index is 1.56. The fraction of sp³-hybridized carbons (Fsp3) is 0.478. The number of nitrogens with zero attached hydrogens (tertiary/aromatic N) is 3. The van der Waals surface area contributed by atoms with Crippen molar-refractivity contribution in [2.45, 2.75) is 56.2 Å². The van der Waals surface area contributed by atoms with E-state index in [1.807, 2.05) is 0 Å². The number of nitrogens with one attached hydrogen (secondary N) is 1. The van der Waals surface area contributed by atoms with Crippen LogP contribution < -0.4 is 5.32 Å². The van der Waals surface area contributed by atoms with Crippen LogP contribution in [0.2, 0.25) is 0 Å². The molecular weight excluding hydrogens is 437 g/mol. The minimum Gasteiger partial charge on any atom is -0.363 e. The van der Waals surface area contributed by atoms with E-state index in [2.05, 4.69) is 15.3 Å². The highest BCUT2D eigenvalue weighted by Gasteiger charge is 2.42. The number of alkyl halides is 2. The average molecular weight is 462 g/mol. The molecule has 2 amide bonds. The summed E-state index contributed by atoms with van der Waals surface area (Å²) in [4.78, 5) is 35.8. The molecule has 2 atom stereocenters. The van der Waals surface area contributed by atoms with Crippen LogP contribution in [0.1, 0.15) is 42.9 Å². The van der Waals surface area contributed by atoms with Gasteiger partial charge in [0.25, 0.3) is 5.91 Å². The fourth-order valence-corrected chi connectivity index (χ4v) is 4.07. The lowest BCUT2D eigenvalue weighted by molar-refractivity contribution is -0.142. The molecule has 33 heavy (non-hydrogen) atoms. The standard InChI is InChI=1S/C23H25F3N4O3/c24-17-3-1-2-15(10-17)6-9-30(22(32)19-13-33-19)20(16-11-27-14-28-12-16)21(31)29-18-4-7-23(25,26)8-5-18/h1-3,10-12,14,18-20H,4-9,13H2,(H,29,31). The number of ether oxygens (including phenoxy) is 1. The molecular formula is C23H25F3N4O3. The summed E-state index contributed by atoms with van der Waals surface area (Å²) >= 11 is 0. The maximum atomic E-state index is 13.6. The molecule has 2 fully saturated rings. The largest absolute Gasteiger partial charge is 0.363 e. The van der Waals surface area contributed by atoms with E-state index in [0.29, 0.717) is 17.5 Å². The number of halogens is 3. The molecule has 0 spiro atoms. The average Bonchev–Trinajstić information content (AvgIpc) is 3.64. The van der Waals surface area contributed by atoms with E-state index in [4.69, 9.17) is 4.74 Å². The minimum atomic E-state index is -2.72. The van der Waals surface area contributed by atoms with Crippen LogP contribution in [-0.4, -0.2) is 57.9 Å². The Morgan fingerprint density at radius 1 is 1.21 bits per heavy atom. The van der Waals surface area contributed by atoms with Gasteiger partial charge in [-0.05, 0) is 37.0 Å². The van der Waals surface area contributed by atoms with Crippen molar-refractivity contribution in [3.05, 3.63) is 59.9 Å². The number of epoxide rings is 1. The van der Waals surface area contributed by atoms with Gasteiger partial charge in [-0.2, -0.15) is 0 Å². The number of amides is 2. The predicted molar refractivity (Wildman–Crippen MR) is 112 cm³/mol. The van der Waals surface area contributed by atoms with Crippen molar-refractivity contribution in [1.82, 2.24) is 20.2 Å². The molecule has 2 unspecified atom stereocenters. The minimum absolute atomic E-state index is 0.123. The first-order chi connectivity index (χ1) is 15.8. The Morgan fingerprint density at radius 2 is 1.91 bits per heavy atom. The van der Waals surface area contributed by atoms with Crippen molar-refractivity contribution in [1.29, 1.82) is 0 Å². The van der Waals surface area contributed by atoms with Gasteiger partial charge in [-0.1, -0.05) is 12.1 Å². The molecule has 176 valence electrons. The van der Waals surface area contributed by atoms with Crippen LogP contribution in [0.4, 0.5) is 13.2 Å². The maximum absolute atomic E-state index is 13.6. The number of carbonyl (C=O) groups is 2. The zero-order chi connectivity index (χ0) is 23.4. The Kier molecular flexibility index (Phi) is 6.92. The van der Waals surface area contributed by atoms with E-state index in [0.717, 1.165) is 0 Å². The Morgan fingerprint density at radius 3 is 2.55 bits per heavy atom. The Hall–Kier alpha value is -3.01. The molecule has 1 saturated heterocycles. The predicted octanol–water partition coefficient (Wildman–Crippen LogP) is 2.82. The molecule has 2 aliphatic rings. The van der Waals surface area contributed by atoms with E-state index >= 15 is 0 Å². The van der Waals surface area contributed by atoms with Gasteiger partial charge in [0, 0.05) is 43.4 Å². The lowest BCUT2D eigenvalue weighted by Gasteiger charge is -2.34. The fourth-order valence-electron chi connectivity index (χ4n) is 4.07. The number of carbonyl (C=O) groups excluding carboxylic acids is 2. The number of aromatic nitrogens is 2. The highest BCUT2D eigenvalue weighted by molar-refractivity contribution is 5.91. The van der Waals surface area contributed by atoms with Crippen LogP contribution in [0.5, 0.6) is 0 Å². The molecule has 1 aliphatic carbocycles. The molecule has 1 aromatic heterocycles. The van der Waals surface area contributed by atoms with Gasteiger partial charge in [0.2, 0.25) is 11.8 Å². The molecule has 10 heteroatoms. The molecule has 1 N–H and O–H groups in total. The first-order valence-electron chi connectivity index (χ1n) is 10.9. The lowest BCUT2D eigenvalue weighted by atomic mass is 9.92. The second-order valence-electron chi connectivity index (χ2n) is 8.45. The zero-order valence-electron chi connectivity index (χ0n) is 17.9. The second-order valence-corrected chi connectivity index (χ2v) is 8.45. The van der Waals surface area contributed by atoms with E-state index < -0.39 is 35.8 Å². The van der Waals surface area contributed by atoms with Crippen LogP contribution >= 0.6 is 0 Å². The summed E-state index contributed by atoms with van der Waals surface area (Å²) in [6, 6.07) is 4.53. The zero-order valence-corrected chi connectivity index (χ0v) is 17.9. The highest BCUT2D eigenvalue weighted by atomic mass is 19.3. The van der Waals surface area contributed by atoms with Crippen molar-refractivity contribution < 1.29 is 27.5 Å². The van der Waals surface area contributed by atoms with Crippen LogP contribution in [0.3, 0.4) is 0 Å². The molecule has 1 aliphatic heterocycles. The molecule has 1 saturated carbocycles. The number of hydrogen-bond acceptors (Lipinski definition) is 5. The van der Waals surface area contributed by atoms with Crippen molar-refractivity contribution in [3.63, 3.8) is 0 Å². The summed E-state index contributed by atoms with van der Waals surface area (Å²) in [6.07, 6.45) is 3.58. The van der Waals surface area contributed by atoms with Crippen LogP contribution in [0.15, 0.2) is 43.0 Å². The van der Waals surface area contributed by atoms with Crippen LogP contribution in [-0.2, 0) is 20.7 Å². The van der Waals surface area contributed by atoms with Gasteiger partial charge in [-0.15, -0.1) is 0 Å². The van der Waals surface area contributed by atoms with Gasteiger partial charge in [-0.25, -0.2) is 23.1 Å². The van der Waals surface area contributed by atoms with E-state index in [-0.39, 0.29) is 44.7 Å². The Bertz CT molecular complexity index is 978. The second kappa shape index (κ2) is 9.86. The topological polar surface area (TPSA) is 87.7 Å². The van der Waals surface area contributed by atoms with Gasteiger partial charge in [0.05, 0.1) is 6.61 Å². The van der Waals surface area contributed by atoms with Crippen molar-refractivity contribution in [3.8, 4) is 0 Å². The summed E-state index contributed by atoms with van der Waals surface area (Å²) < 4.78 is 45.9. The number of hydrogen-bond donors (Lipinski definition) is 1. The highest BCUT2D eigenvalue weighted by Crippen LogP contribution is 2.33. The smallest absolute Gasteiger partial charge is 0.255 e. The number of benzene rings is 1. The SMILES string of the molecule is O=C(NC1CCC(F)(F)CC1)C(c1cncnc1)N(CCc1cccc(F)c1)C(=O)C1CO1. The molecule has 0 radical (unpaired) electrons. The van der Waals surface area contributed by atoms with Crippen LogP contribution in [0.25, 0.3) is 0 Å². The first-order valence-corrected chi connectivity index (χ1v) is 10.9. The van der Waals surface area contributed by atoms with E-state index in [1.165, 1.54) is 35.8 Å². The van der Waals surface area contributed by atoms with Gasteiger partial charge in [0.1, 0.15) is 18.2 Å². The Labute approximate surface area is 189 Å². The summed E-state index contributed by atoms with van der Waals surface area (Å²) in [7, 11) is 0. The molecule has 4 rings (SSSR count). The van der Waals surface area contributed by atoms with E-state index in [1.54, 1.807) is 12.1 Å². The lowest BCUT2D eigenvalue weighted by Crippen LogP contribution is -2.49. The van der Waals surface area contributed by atoms with Crippen molar-refractivity contribution in [2.24, 2.45) is 0 Å². The summed E-state index contributed by atoms with van der Waals surface area (Å²) in [5.74, 6) is -3.97. The van der Waals surface area contributed by atoms with Gasteiger partial charge in [-0.3, -0.25) is 9.59 Å². The van der Waals surface area contributed by atoms with Crippen molar-refractivity contribution >= 4 is 11.8 Å². The summed E-state index contributed by atoms with van der Waals surface area (Å²) in [6.45, 7) is 0.379.